The molecule has 0 saturated carbocycles. The van der Waals surface area contributed by atoms with E-state index < -0.39 is 40.9 Å². The Bertz CT molecular complexity index is 588. The topological polar surface area (TPSA) is 68.2 Å². The second-order valence-electron chi connectivity index (χ2n) is 8.69. The van der Waals surface area contributed by atoms with Gasteiger partial charge in [0.15, 0.2) is 8.32 Å². The first kappa shape index (κ1) is 23.0. The minimum Gasteiger partial charge on any atom is -0.437 e. The van der Waals surface area contributed by atoms with Crippen molar-refractivity contribution in [1.82, 2.24) is 0 Å². The van der Waals surface area contributed by atoms with Gasteiger partial charge in [0, 0.05) is 0 Å². The Hall–Kier alpha value is -0.0475. The lowest BCUT2D eigenvalue weighted by atomic mass is 9.80. The fraction of sp³-hybridized carbons (Fsp3) is 0.600. The van der Waals surface area contributed by atoms with Crippen LogP contribution < -0.4 is 10.6 Å². The van der Waals surface area contributed by atoms with Crippen molar-refractivity contribution in [3.05, 3.63) is 24.3 Å². The molecule has 1 aromatic carbocycles. The average Bonchev–Trinajstić information content (AvgIpc) is 2.32. The van der Waals surface area contributed by atoms with Crippen molar-refractivity contribution < 1.29 is 22.4 Å². The molecule has 0 heterocycles. The number of hydrogen-bond donors (Lipinski definition) is 2. The van der Waals surface area contributed by atoms with E-state index in [1.807, 2.05) is 25.2 Å². The van der Waals surface area contributed by atoms with E-state index in [4.69, 9.17) is 12.3 Å². The summed E-state index contributed by atoms with van der Waals surface area (Å²) in [4.78, 5) is 0. The summed E-state index contributed by atoms with van der Waals surface area (Å²) in [6.45, 7) is 18.9. The zero-order chi connectivity index (χ0) is 19.7. The van der Waals surface area contributed by atoms with E-state index in [0.29, 0.717) is 5.46 Å². The molecule has 0 amide bonds. The molecule has 0 aliphatic carbocycles. The van der Waals surface area contributed by atoms with E-state index in [9.17, 15) is 10.0 Å². The van der Waals surface area contributed by atoms with Crippen LogP contribution >= 0.6 is 0 Å². The van der Waals surface area contributed by atoms with Crippen LogP contribution in [0.1, 0.15) is 0 Å². The third-order valence-electron chi connectivity index (χ3n) is 3.43. The predicted octanol–water partition coefficient (Wildman–Crippen LogP) is 2.07. The van der Waals surface area contributed by atoms with E-state index >= 15 is 0 Å². The summed E-state index contributed by atoms with van der Waals surface area (Å²) in [6, 6.07) is 7.37. The summed E-state index contributed by atoms with van der Waals surface area (Å²) in [5.41, 5.74) is 0.513. The lowest BCUT2D eigenvalue weighted by Gasteiger charge is -2.40. The predicted molar refractivity (Wildman–Crippen MR) is 115 cm³/mol. The highest BCUT2D eigenvalue weighted by molar-refractivity contribution is 6.95. The molecule has 1 rings (SSSR count). The average molecular weight is 417 g/mol. The van der Waals surface area contributed by atoms with Crippen LogP contribution in [0.25, 0.3) is 0 Å². The lowest BCUT2D eigenvalue weighted by Crippen LogP contribution is -2.62. The molecule has 0 spiro atoms. The van der Waals surface area contributed by atoms with Gasteiger partial charge < -0.3 is 22.4 Å². The van der Waals surface area contributed by atoms with E-state index in [-0.39, 0.29) is 0 Å². The Morgan fingerprint density at radius 2 is 1.20 bits per heavy atom. The van der Waals surface area contributed by atoms with Crippen molar-refractivity contribution in [3.63, 3.8) is 0 Å². The van der Waals surface area contributed by atoms with Gasteiger partial charge in [-0.1, -0.05) is 24.3 Å². The first-order chi connectivity index (χ1) is 11.0. The van der Waals surface area contributed by atoms with Gasteiger partial charge in [0.1, 0.15) is 0 Å². The van der Waals surface area contributed by atoms with E-state index in [0.717, 1.165) is 5.19 Å². The molecule has 0 radical (unpaired) electrons. The SMILES string of the molecule is C[Si](C)(C)O[Si](C)(C)O[Si](C)(C)O[Si](C)(C)c1ccccc1B(O)O. The summed E-state index contributed by atoms with van der Waals surface area (Å²) in [7, 11) is -10.3. The van der Waals surface area contributed by atoms with E-state index in [2.05, 4.69) is 45.8 Å². The number of rotatable bonds is 8. The van der Waals surface area contributed by atoms with Crippen LogP contribution in [0, 0.1) is 0 Å². The lowest BCUT2D eigenvalue weighted by molar-refractivity contribution is 0.332. The first-order valence-electron chi connectivity index (χ1n) is 8.61. The maximum atomic E-state index is 9.67. The van der Waals surface area contributed by atoms with Crippen LogP contribution in [0.2, 0.25) is 58.9 Å². The Morgan fingerprint density at radius 3 is 1.68 bits per heavy atom. The van der Waals surface area contributed by atoms with Crippen molar-refractivity contribution in [3.8, 4) is 0 Å². The standard InChI is InChI=1S/C15H33BO5Si4/c1-22(2,3)19-24(6,7)21-25(8,9)20-23(4,5)15-13-11-10-12-14(15)16(17)18/h10-13,17-18H,1-9H3. The third kappa shape index (κ3) is 7.61. The van der Waals surface area contributed by atoms with Gasteiger partial charge in [-0.05, 0) is 69.6 Å². The van der Waals surface area contributed by atoms with E-state index in [1.165, 1.54) is 0 Å². The van der Waals surface area contributed by atoms with Crippen LogP contribution in [-0.4, -0.2) is 50.9 Å². The summed E-state index contributed by atoms with van der Waals surface area (Å²) in [5.74, 6) is 0. The molecular formula is C15H33BO5Si4. The molecule has 1 aromatic rings. The Labute approximate surface area is 157 Å². The summed E-state index contributed by atoms with van der Waals surface area (Å²) >= 11 is 0. The van der Waals surface area contributed by atoms with Gasteiger partial charge >= 0.3 is 24.2 Å². The zero-order valence-corrected chi connectivity index (χ0v) is 21.0. The summed E-state index contributed by atoms with van der Waals surface area (Å²) < 4.78 is 19.3. The fourth-order valence-electron chi connectivity index (χ4n) is 3.31. The van der Waals surface area contributed by atoms with Crippen molar-refractivity contribution in [2.75, 3.05) is 0 Å². The molecule has 2 N–H and O–H groups in total. The fourth-order valence-corrected chi connectivity index (χ4v) is 21.8. The maximum Gasteiger partial charge on any atom is 0.488 e. The normalized spacial score (nSPS) is 13.9. The molecule has 0 bridgehead atoms. The number of benzene rings is 1. The largest absolute Gasteiger partial charge is 0.488 e. The molecule has 0 unspecified atom stereocenters. The van der Waals surface area contributed by atoms with Gasteiger partial charge in [0.2, 0.25) is 8.32 Å². The third-order valence-corrected chi connectivity index (χ3v) is 17.5. The van der Waals surface area contributed by atoms with Crippen LogP contribution in [0.5, 0.6) is 0 Å². The Morgan fingerprint density at radius 1 is 0.720 bits per heavy atom. The molecule has 0 aliphatic rings. The van der Waals surface area contributed by atoms with Crippen LogP contribution in [0.3, 0.4) is 0 Å². The highest BCUT2D eigenvalue weighted by atomic mass is 28.5. The first-order valence-corrected chi connectivity index (χ1v) is 20.6. The van der Waals surface area contributed by atoms with Crippen molar-refractivity contribution in [2.45, 2.75) is 58.9 Å². The molecule has 0 fully saturated rings. The monoisotopic (exact) mass is 416 g/mol. The molecule has 0 aliphatic heterocycles. The zero-order valence-electron chi connectivity index (χ0n) is 17.0. The molecule has 5 nitrogen and oxygen atoms in total. The minimum atomic E-state index is -2.46. The molecular weight excluding hydrogens is 383 g/mol. The quantitative estimate of drug-likeness (QED) is 0.635. The van der Waals surface area contributed by atoms with E-state index in [1.54, 1.807) is 12.1 Å². The van der Waals surface area contributed by atoms with Crippen molar-refractivity contribution in [2.24, 2.45) is 0 Å². The van der Waals surface area contributed by atoms with Crippen LogP contribution in [-0.2, 0) is 12.3 Å². The Kier molecular flexibility index (Phi) is 7.27. The number of hydrogen-bond acceptors (Lipinski definition) is 5. The molecule has 0 saturated heterocycles. The minimum absolute atomic E-state index is 0.513. The molecule has 0 atom stereocenters. The van der Waals surface area contributed by atoms with Crippen molar-refractivity contribution >= 4 is 51.5 Å². The van der Waals surface area contributed by atoms with Gasteiger partial charge in [0.25, 0.3) is 0 Å². The smallest absolute Gasteiger partial charge is 0.437 e. The molecule has 10 heteroatoms. The molecule has 25 heavy (non-hydrogen) atoms. The second kappa shape index (κ2) is 7.91. The second-order valence-corrected chi connectivity index (χ2v) is 24.5. The highest BCUT2D eigenvalue weighted by Crippen LogP contribution is 2.23. The van der Waals surface area contributed by atoms with Gasteiger partial charge in [-0.2, -0.15) is 0 Å². The molecule has 0 aromatic heterocycles. The van der Waals surface area contributed by atoms with Crippen molar-refractivity contribution in [1.29, 1.82) is 0 Å². The highest BCUT2D eigenvalue weighted by Gasteiger charge is 2.43. The summed E-state index contributed by atoms with van der Waals surface area (Å²) in [6.07, 6.45) is 0. The van der Waals surface area contributed by atoms with Crippen LogP contribution in [0.15, 0.2) is 24.3 Å². The summed E-state index contributed by atoms with van der Waals surface area (Å²) in [5, 5.41) is 20.2. The van der Waals surface area contributed by atoms with Crippen LogP contribution in [0.4, 0.5) is 0 Å². The van der Waals surface area contributed by atoms with Gasteiger partial charge in [-0.15, -0.1) is 0 Å². The van der Waals surface area contributed by atoms with Gasteiger partial charge in [-0.3, -0.25) is 0 Å². The van der Waals surface area contributed by atoms with Gasteiger partial charge in [0.05, 0.1) is 0 Å². The van der Waals surface area contributed by atoms with Gasteiger partial charge in [-0.25, -0.2) is 0 Å². The molecule has 142 valence electrons. The maximum absolute atomic E-state index is 9.67. The Balaban J connectivity index is 3.02.